The minimum Gasteiger partial charge on any atom is -0.369 e. The van der Waals surface area contributed by atoms with Gasteiger partial charge in [-0.2, -0.15) is 0 Å². The molecule has 0 unspecified atom stereocenters. The Morgan fingerprint density at radius 3 is 2.48 bits per heavy atom. The smallest absolute Gasteiger partial charge is 0.248 e. The molecule has 2 rings (SSSR count). The topological polar surface area (TPSA) is 32.8 Å². The van der Waals surface area contributed by atoms with Crippen LogP contribution in [0.15, 0.2) is 0 Å². The van der Waals surface area contributed by atoms with Gasteiger partial charge in [-0.25, -0.2) is 0 Å². The second-order valence-corrected chi connectivity index (χ2v) is 6.92. The van der Waals surface area contributed by atoms with E-state index in [-0.39, 0.29) is 18.6 Å². The summed E-state index contributed by atoms with van der Waals surface area (Å²) in [6.07, 6.45) is 8.01. The predicted octanol–water partition coefficient (Wildman–Crippen LogP) is 2.53. The van der Waals surface area contributed by atoms with Gasteiger partial charge >= 0.3 is 0 Å². The highest BCUT2D eigenvalue weighted by molar-refractivity contribution is 5.77. The molecule has 2 heterocycles. The number of amides is 1. The second kappa shape index (κ2) is 8.74. The van der Waals surface area contributed by atoms with E-state index in [1.165, 1.54) is 51.7 Å². The molecule has 0 aromatic carbocycles. The molecule has 4 nitrogen and oxygen atoms in total. The lowest BCUT2D eigenvalue weighted by Gasteiger charge is -2.35. The molecule has 2 aliphatic rings. The number of hydrogen-bond donors (Lipinski definition) is 0. The number of likely N-dealkylation sites (tertiary alicyclic amines) is 2. The molecule has 0 aromatic heterocycles. The predicted molar refractivity (Wildman–Crippen MR) is 85.3 cm³/mol. The lowest BCUT2D eigenvalue weighted by Crippen LogP contribution is -2.45. The molecule has 1 atom stereocenters. The van der Waals surface area contributed by atoms with Crippen molar-refractivity contribution in [2.24, 2.45) is 5.92 Å². The van der Waals surface area contributed by atoms with Crippen molar-refractivity contribution in [1.29, 1.82) is 0 Å². The van der Waals surface area contributed by atoms with Gasteiger partial charge in [0.15, 0.2) is 0 Å². The summed E-state index contributed by atoms with van der Waals surface area (Å²) in [5.41, 5.74) is 0. The summed E-state index contributed by atoms with van der Waals surface area (Å²) in [4.78, 5) is 16.8. The van der Waals surface area contributed by atoms with Crippen LogP contribution in [0.4, 0.5) is 0 Å². The summed E-state index contributed by atoms with van der Waals surface area (Å²) < 4.78 is 5.46. The SMILES string of the molecule is CC(C)OCC(=O)N1CCC[C@H](CN2CCCCCC2)C1. The van der Waals surface area contributed by atoms with E-state index in [0.717, 1.165) is 19.5 Å². The molecule has 0 radical (unpaired) electrons. The van der Waals surface area contributed by atoms with Crippen LogP contribution < -0.4 is 0 Å². The number of hydrogen-bond acceptors (Lipinski definition) is 3. The van der Waals surface area contributed by atoms with E-state index in [4.69, 9.17) is 4.74 Å². The van der Waals surface area contributed by atoms with E-state index in [9.17, 15) is 4.79 Å². The Morgan fingerprint density at radius 2 is 1.81 bits per heavy atom. The van der Waals surface area contributed by atoms with Crippen molar-refractivity contribution in [2.75, 3.05) is 39.3 Å². The Labute approximate surface area is 129 Å². The number of carbonyl (C=O) groups is 1. The van der Waals surface area contributed by atoms with E-state index >= 15 is 0 Å². The minimum atomic E-state index is 0.131. The lowest BCUT2D eigenvalue weighted by atomic mass is 9.97. The van der Waals surface area contributed by atoms with Gasteiger partial charge in [0.05, 0.1) is 6.10 Å². The number of nitrogens with zero attached hydrogens (tertiary/aromatic N) is 2. The molecule has 0 bridgehead atoms. The Kier molecular flexibility index (Phi) is 6.97. The summed E-state index contributed by atoms with van der Waals surface area (Å²) >= 11 is 0. The molecule has 0 aromatic rings. The highest BCUT2D eigenvalue weighted by Crippen LogP contribution is 2.20. The van der Waals surface area contributed by atoms with Gasteiger partial charge in [0.2, 0.25) is 5.91 Å². The maximum absolute atomic E-state index is 12.2. The number of carbonyl (C=O) groups excluding carboxylic acids is 1. The van der Waals surface area contributed by atoms with E-state index in [0.29, 0.717) is 5.92 Å². The van der Waals surface area contributed by atoms with Crippen molar-refractivity contribution >= 4 is 5.91 Å². The van der Waals surface area contributed by atoms with E-state index < -0.39 is 0 Å². The van der Waals surface area contributed by atoms with E-state index in [2.05, 4.69) is 4.90 Å². The van der Waals surface area contributed by atoms with Crippen LogP contribution in [0.3, 0.4) is 0 Å². The highest BCUT2D eigenvalue weighted by Gasteiger charge is 2.25. The molecule has 2 saturated heterocycles. The third-order valence-electron chi connectivity index (χ3n) is 4.63. The van der Waals surface area contributed by atoms with E-state index in [1.54, 1.807) is 0 Å². The minimum absolute atomic E-state index is 0.131. The average Bonchev–Trinajstić information content (AvgIpc) is 2.73. The van der Waals surface area contributed by atoms with Crippen molar-refractivity contribution in [2.45, 2.75) is 58.5 Å². The molecular formula is C17H32N2O2. The van der Waals surface area contributed by atoms with Crippen LogP contribution in [0.1, 0.15) is 52.4 Å². The van der Waals surface area contributed by atoms with Gasteiger partial charge in [-0.05, 0) is 58.5 Å². The highest BCUT2D eigenvalue weighted by atomic mass is 16.5. The Bertz CT molecular complexity index is 312. The first-order valence-corrected chi connectivity index (χ1v) is 8.77. The molecule has 2 aliphatic heterocycles. The summed E-state index contributed by atoms with van der Waals surface area (Å²) in [6.45, 7) is 9.72. The van der Waals surface area contributed by atoms with Crippen LogP contribution in [0.5, 0.6) is 0 Å². The first-order chi connectivity index (χ1) is 10.1. The lowest BCUT2D eigenvalue weighted by molar-refractivity contribution is -0.139. The van der Waals surface area contributed by atoms with Crippen LogP contribution in [-0.4, -0.2) is 61.1 Å². The molecule has 122 valence electrons. The van der Waals surface area contributed by atoms with Gasteiger partial charge in [-0.15, -0.1) is 0 Å². The molecule has 21 heavy (non-hydrogen) atoms. The van der Waals surface area contributed by atoms with Crippen molar-refractivity contribution in [3.63, 3.8) is 0 Å². The van der Waals surface area contributed by atoms with Gasteiger partial charge in [0.25, 0.3) is 0 Å². The van der Waals surface area contributed by atoms with Crippen LogP contribution in [0.2, 0.25) is 0 Å². The fraction of sp³-hybridized carbons (Fsp3) is 0.941. The van der Waals surface area contributed by atoms with Crippen LogP contribution in [0, 0.1) is 5.92 Å². The molecule has 0 saturated carbocycles. The van der Waals surface area contributed by atoms with Crippen LogP contribution in [0.25, 0.3) is 0 Å². The summed E-state index contributed by atoms with van der Waals surface area (Å²) in [5.74, 6) is 0.823. The summed E-state index contributed by atoms with van der Waals surface area (Å²) in [5, 5.41) is 0. The third kappa shape index (κ3) is 5.95. The standard InChI is InChI=1S/C17H32N2O2/c1-15(2)21-14-17(20)19-11-7-8-16(13-19)12-18-9-5-3-4-6-10-18/h15-16H,3-14H2,1-2H3/t16-/m1/s1. The van der Waals surface area contributed by atoms with E-state index in [1.807, 2.05) is 18.7 Å². The van der Waals surface area contributed by atoms with Crippen molar-refractivity contribution in [3.05, 3.63) is 0 Å². The average molecular weight is 296 g/mol. The fourth-order valence-electron chi connectivity index (χ4n) is 3.45. The van der Waals surface area contributed by atoms with Gasteiger partial charge in [0.1, 0.15) is 6.61 Å². The Morgan fingerprint density at radius 1 is 1.10 bits per heavy atom. The first kappa shape index (κ1) is 16.8. The number of rotatable bonds is 5. The van der Waals surface area contributed by atoms with Gasteiger partial charge < -0.3 is 14.5 Å². The Balaban J connectivity index is 1.75. The molecule has 0 spiro atoms. The van der Waals surface area contributed by atoms with Gasteiger partial charge in [-0.1, -0.05) is 12.8 Å². The maximum atomic E-state index is 12.2. The summed E-state index contributed by atoms with van der Waals surface area (Å²) in [6, 6.07) is 0. The second-order valence-electron chi connectivity index (χ2n) is 6.92. The molecule has 4 heteroatoms. The molecule has 0 N–H and O–H groups in total. The maximum Gasteiger partial charge on any atom is 0.248 e. The zero-order chi connectivity index (χ0) is 15.1. The van der Waals surface area contributed by atoms with Crippen LogP contribution >= 0.6 is 0 Å². The van der Waals surface area contributed by atoms with Gasteiger partial charge in [0, 0.05) is 19.6 Å². The monoisotopic (exact) mass is 296 g/mol. The van der Waals surface area contributed by atoms with Crippen molar-refractivity contribution in [1.82, 2.24) is 9.80 Å². The zero-order valence-corrected chi connectivity index (χ0v) is 13.9. The molecule has 1 amide bonds. The summed E-state index contributed by atoms with van der Waals surface area (Å²) in [7, 11) is 0. The number of piperidine rings is 1. The van der Waals surface area contributed by atoms with Gasteiger partial charge in [-0.3, -0.25) is 4.79 Å². The normalized spacial score (nSPS) is 25.1. The van der Waals surface area contributed by atoms with Crippen molar-refractivity contribution in [3.8, 4) is 0 Å². The van der Waals surface area contributed by atoms with Crippen LogP contribution in [-0.2, 0) is 9.53 Å². The molecular weight excluding hydrogens is 264 g/mol. The number of ether oxygens (including phenoxy) is 1. The molecule has 0 aliphatic carbocycles. The van der Waals surface area contributed by atoms with Crippen molar-refractivity contribution < 1.29 is 9.53 Å². The molecule has 2 fully saturated rings. The largest absolute Gasteiger partial charge is 0.369 e. The first-order valence-electron chi connectivity index (χ1n) is 8.77. The third-order valence-corrected chi connectivity index (χ3v) is 4.63. The zero-order valence-electron chi connectivity index (χ0n) is 13.9. The fourth-order valence-corrected chi connectivity index (χ4v) is 3.45. The quantitative estimate of drug-likeness (QED) is 0.781. The Hall–Kier alpha value is -0.610.